The van der Waals surface area contributed by atoms with Gasteiger partial charge in [0.05, 0.1) is 4.90 Å². The van der Waals surface area contributed by atoms with Crippen molar-refractivity contribution in [2.24, 2.45) is 5.73 Å². The fraction of sp³-hybridized carbons (Fsp3) is 0.619. The van der Waals surface area contributed by atoms with Crippen LogP contribution in [-0.2, 0) is 19.6 Å². The molecule has 2 aliphatic rings. The average molecular weight is 452 g/mol. The monoisotopic (exact) mass is 451 g/mol. The zero-order valence-electron chi connectivity index (χ0n) is 18.5. The molecule has 2 heterocycles. The predicted molar refractivity (Wildman–Crippen MR) is 119 cm³/mol. The number of amides is 2. The summed E-state index contributed by atoms with van der Waals surface area (Å²) in [7, 11) is 0.0346. The summed E-state index contributed by atoms with van der Waals surface area (Å²) >= 11 is 0. The van der Waals surface area contributed by atoms with Gasteiger partial charge in [-0.3, -0.25) is 9.59 Å². The van der Waals surface area contributed by atoms with Gasteiger partial charge in [0.25, 0.3) is 0 Å². The third kappa shape index (κ3) is 5.08. The van der Waals surface area contributed by atoms with E-state index in [-0.39, 0.29) is 23.3 Å². The number of carbonyl (C=O) groups excluding carboxylic acids is 2. The number of rotatable bonds is 7. The van der Waals surface area contributed by atoms with Crippen molar-refractivity contribution in [3.05, 3.63) is 23.8 Å². The van der Waals surface area contributed by atoms with Crippen LogP contribution in [0.2, 0.25) is 0 Å². The van der Waals surface area contributed by atoms with Crippen LogP contribution in [-0.4, -0.2) is 82.4 Å². The largest absolute Gasteiger partial charge is 0.341 e. The van der Waals surface area contributed by atoms with Crippen molar-refractivity contribution in [2.75, 3.05) is 45.2 Å². The fourth-order valence-corrected chi connectivity index (χ4v) is 5.83. The molecule has 2 fully saturated rings. The smallest absolute Gasteiger partial charge is 0.242 e. The van der Waals surface area contributed by atoms with Gasteiger partial charge in [-0.15, -0.1) is 0 Å². The minimum Gasteiger partial charge on any atom is -0.341 e. The van der Waals surface area contributed by atoms with Crippen molar-refractivity contribution in [3.63, 3.8) is 0 Å². The van der Waals surface area contributed by atoms with Crippen LogP contribution in [0, 0.1) is 6.92 Å². The lowest BCUT2D eigenvalue weighted by molar-refractivity contribution is -0.134. The van der Waals surface area contributed by atoms with Gasteiger partial charge in [-0.05, 0) is 58.0 Å². The Labute approximate surface area is 184 Å². The minimum atomic E-state index is -4.00. The summed E-state index contributed by atoms with van der Waals surface area (Å²) in [6.45, 7) is 3.27. The van der Waals surface area contributed by atoms with E-state index >= 15 is 0 Å². The summed E-state index contributed by atoms with van der Waals surface area (Å²) in [6.07, 6.45) is 2.90. The van der Waals surface area contributed by atoms with E-state index in [0.29, 0.717) is 43.3 Å². The zero-order chi connectivity index (χ0) is 22.8. The summed E-state index contributed by atoms with van der Waals surface area (Å²) in [4.78, 5) is 30.6. The topological polar surface area (TPSA) is 116 Å². The van der Waals surface area contributed by atoms with Crippen LogP contribution in [0.4, 0.5) is 5.69 Å². The third-order valence-corrected chi connectivity index (χ3v) is 7.86. The molecule has 0 aliphatic carbocycles. The third-order valence-electron chi connectivity index (χ3n) is 6.25. The highest BCUT2D eigenvalue weighted by atomic mass is 32.2. The molecular formula is C21H33N5O4S. The molecule has 0 unspecified atom stereocenters. The normalized spacial score (nSPS) is 19.3. The number of carbonyl (C=O) groups is 2. The summed E-state index contributed by atoms with van der Waals surface area (Å²) in [5.74, 6) is -0.312. The molecule has 10 heteroatoms. The number of nitrogens with one attached hydrogen (secondary N) is 1. The van der Waals surface area contributed by atoms with Gasteiger partial charge in [0.1, 0.15) is 6.04 Å². The van der Waals surface area contributed by atoms with Gasteiger partial charge in [0.2, 0.25) is 21.8 Å². The molecule has 0 bridgehead atoms. The molecule has 1 aromatic carbocycles. The molecule has 2 aliphatic heterocycles. The van der Waals surface area contributed by atoms with Crippen molar-refractivity contribution in [3.8, 4) is 0 Å². The van der Waals surface area contributed by atoms with Crippen LogP contribution in [0.25, 0.3) is 0 Å². The SMILES string of the molecule is Cc1c(N2CCCC2=O)cccc1S(=O)(=O)N[C@@H](CN)C(=O)N1CCC(N(C)C)CC1. The lowest BCUT2D eigenvalue weighted by Crippen LogP contribution is -2.55. The first-order valence-electron chi connectivity index (χ1n) is 10.7. The Morgan fingerprint density at radius 3 is 2.48 bits per heavy atom. The van der Waals surface area contributed by atoms with Crippen molar-refractivity contribution in [1.29, 1.82) is 0 Å². The number of sulfonamides is 1. The molecule has 0 spiro atoms. The van der Waals surface area contributed by atoms with Crippen molar-refractivity contribution in [1.82, 2.24) is 14.5 Å². The maximum atomic E-state index is 13.2. The maximum absolute atomic E-state index is 13.2. The molecular weight excluding hydrogens is 418 g/mol. The predicted octanol–water partition coefficient (Wildman–Crippen LogP) is 0.280. The van der Waals surface area contributed by atoms with Gasteiger partial charge in [-0.2, -0.15) is 4.72 Å². The second-order valence-corrected chi connectivity index (χ2v) is 10.2. The molecule has 0 saturated carbocycles. The highest BCUT2D eigenvalue weighted by molar-refractivity contribution is 7.89. The van der Waals surface area contributed by atoms with Gasteiger partial charge < -0.3 is 20.4 Å². The van der Waals surface area contributed by atoms with Gasteiger partial charge in [-0.25, -0.2) is 8.42 Å². The second-order valence-electron chi connectivity index (χ2n) is 8.48. The van der Waals surface area contributed by atoms with E-state index in [4.69, 9.17) is 5.73 Å². The van der Waals surface area contributed by atoms with Crippen LogP contribution in [0.1, 0.15) is 31.2 Å². The Balaban J connectivity index is 1.76. The van der Waals surface area contributed by atoms with Crippen molar-refractivity contribution < 1.29 is 18.0 Å². The van der Waals surface area contributed by atoms with E-state index in [9.17, 15) is 18.0 Å². The van der Waals surface area contributed by atoms with Gasteiger partial charge in [0, 0.05) is 44.3 Å². The van der Waals surface area contributed by atoms with E-state index in [2.05, 4.69) is 9.62 Å². The molecule has 0 aromatic heterocycles. The van der Waals surface area contributed by atoms with Gasteiger partial charge in [0.15, 0.2) is 0 Å². The number of nitrogens with two attached hydrogens (primary N) is 1. The van der Waals surface area contributed by atoms with E-state index in [1.807, 2.05) is 14.1 Å². The summed E-state index contributed by atoms with van der Waals surface area (Å²) in [6, 6.07) is 4.24. The van der Waals surface area contributed by atoms with E-state index in [1.165, 1.54) is 6.07 Å². The van der Waals surface area contributed by atoms with E-state index in [1.54, 1.807) is 28.9 Å². The molecule has 0 radical (unpaired) electrons. The molecule has 9 nitrogen and oxygen atoms in total. The quantitative estimate of drug-likeness (QED) is 0.615. The molecule has 1 atom stereocenters. The lowest BCUT2D eigenvalue weighted by atomic mass is 10.0. The van der Waals surface area contributed by atoms with Crippen LogP contribution in [0.3, 0.4) is 0 Å². The fourth-order valence-electron chi connectivity index (χ4n) is 4.36. The number of piperidine rings is 1. The van der Waals surface area contributed by atoms with E-state index < -0.39 is 16.1 Å². The Morgan fingerprint density at radius 2 is 1.94 bits per heavy atom. The zero-order valence-corrected chi connectivity index (χ0v) is 19.3. The van der Waals surface area contributed by atoms with Crippen molar-refractivity contribution >= 4 is 27.5 Å². The standard InChI is InChI=1S/C21H33N5O4S/c1-15-18(26-11-5-8-20(26)27)6-4-7-19(15)31(29,30)23-17(14-22)21(28)25-12-9-16(10-13-25)24(2)3/h4,6-7,16-17,23H,5,8-14,22H2,1-3H3/t17-/m0/s1. The highest BCUT2D eigenvalue weighted by Crippen LogP contribution is 2.29. The number of benzene rings is 1. The second kappa shape index (κ2) is 9.64. The number of nitrogens with zero attached hydrogens (tertiary/aromatic N) is 3. The van der Waals surface area contributed by atoms with E-state index in [0.717, 1.165) is 19.3 Å². The molecule has 31 heavy (non-hydrogen) atoms. The molecule has 3 N–H and O–H groups in total. The van der Waals surface area contributed by atoms with Gasteiger partial charge >= 0.3 is 0 Å². The molecule has 2 amide bonds. The number of likely N-dealkylation sites (tertiary alicyclic amines) is 1. The minimum absolute atomic E-state index is 0.0123. The van der Waals surface area contributed by atoms with Crippen molar-refractivity contribution in [2.45, 2.75) is 49.6 Å². The first kappa shape index (κ1) is 23.6. The summed E-state index contributed by atoms with van der Waals surface area (Å²) < 4.78 is 28.8. The number of hydrogen-bond donors (Lipinski definition) is 2. The first-order valence-corrected chi connectivity index (χ1v) is 12.2. The van der Waals surface area contributed by atoms with Crippen LogP contribution < -0.4 is 15.4 Å². The van der Waals surface area contributed by atoms with Gasteiger partial charge in [-0.1, -0.05) is 6.07 Å². The van der Waals surface area contributed by atoms with Crippen LogP contribution >= 0.6 is 0 Å². The van der Waals surface area contributed by atoms with Crippen LogP contribution in [0.5, 0.6) is 0 Å². The molecule has 3 rings (SSSR count). The highest BCUT2D eigenvalue weighted by Gasteiger charge is 2.32. The molecule has 2 saturated heterocycles. The lowest BCUT2D eigenvalue weighted by Gasteiger charge is -2.36. The summed E-state index contributed by atoms with van der Waals surface area (Å²) in [5, 5.41) is 0. The Hall–Kier alpha value is -2.01. The Bertz CT molecular complexity index is 926. The molecule has 1 aromatic rings. The average Bonchev–Trinajstić information content (AvgIpc) is 3.17. The first-order chi connectivity index (χ1) is 14.7. The number of anilines is 1. The Morgan fingerprint density at radius 1 is 1.26 bits per heavy atom. The summed E-state index contributed by atoms with van der Waals surface area (Å²) in [5.41, 5.74) is 6.87. The van der Waals surface area contributed by atoms with Crippen LogP contribution in [0.15, 0.2) is 23.1 Å². The Kier molecular flexibility index (Phi) is 7.35. The number of hydrogen-bond acceptors (Lipinski definition) is 6. The maximum Gasteiger partial charge on any atom is 0.242 e. The molecule has 172 valence electrons.